The minimum absolute atomic E-state index is 0.180. The van der Waals surface area contributed by atoms with Crippen LogP contribution in [-0.4, -0.2) is 45.6 Å². The zero-order valence-corrected chi connectivity index (χ0v) is 13.8. The van der Waals surface area contributed by atoms with Crippen LogP contribution in [0.1, 0.15) is 25.3 Å². The summed E-state index contributed by atoms with van der Waals surface area (Å²) in [6.45, 7) is 2.97. The molecule has 0 aliphatic heterocycles. The van der Waals surface area contributed by atoms with Crippen molar-refractivity contribution in [1.29, 1.82) is 0 Å². The Hall–Kier alpha value is -0.470. The lowest BCUT2D eigenvalue weighted by Crippen LogP contribution is -2.37. The van der Waals surface area contributed by atoms with Crippen molar-refractivity contribution in [3.8, 4) is 0 Å². The molecule has 0 spiro atoms. The van der Waals surface area contributed by atoms with Crippen LogP contribution in [0.5, 0.6) is 0 Å². The molecule has 5 nitrogen and oxygen atoms in total. The van der Waals surface area contributed by atoms with Crippen LogP contribution in [0, 0.1) is 0 Å². The maximum Gasteiger partial charge on any atom is 0.252 e. The zero-order chi connectivity index (χ0) is 14.8. The van der Waals surface area contributed by atoms with Crippen LogP contribution in [0.15, 0.2) is 15.7 Å². The number of methoxy groups -OCH3 is 1. The number of nitrogens with zero attached hydrogens (tertiary/aromatic N) is 1. The van der Waals surface area contributed by atoms with Gasteiger partial charge in [0.05, 0.1) is 6.61 Å². The Morgan fingerprint density at radius 2 is 2.25 bits per heavy atom. The number of thiophene rings is 1. The summed E-state index contributed by atoms with van der Waals surface area (Å²) in [7, 11) is -0.247. The molecule has 1 atom stereocenters. The van der Waals surface area contributed by atoms with E-state index in [1.54, 1.807) is 20.2 Å². The van der Waals surface area contributed by atoms with E-state index in [-0.39, 0.29) is 6.04 Å². The van der Waals surface area contributed by atoms with Crippen LogP contribution >= 0.6 is 11.3 Å². The summed E-state index contributed by atoms with van der Waals surface area (Å²) in [4.78, 5) is 0. The smallest absolute Gasteiger partial charge is 0.252 e. The van der Waals surface area contributed by atoms with Crippen molar-refractivity contribution in [1.82, 2.24) is 9.62 Å². The average Bonchev–Trinajstić information content (AvgIpc) is 3.11. The van der Waals surface area contributed by atoms with Crippen molar-refractivity contribution in [3.05, 3.63) is 17.0 Å². The van der Waals surface area contributed by atoms with Gasteiger partial charge in [0.25, 0.3) is 10.0 Å². The van der Waals surface area contributed by atoms with E-state index in [9.17, 15) is 8.42 Å². The molecule has 1 heterocycles. The van der Waals surface area contributed by atoms with Gasteiger partial charge in [-0.2, -0.15) is 4.31 Å². The van der Waals surface area contributed by atoms with E-state index in [1.807, 2.05) is 12.3 Å². The first kappa shape index (κ1) is 15.9. The third-order valence-electron chi connectivity index (χ3n) is 3.46. The molecule has 0 saturated heterocycles. The minimum Gasteiger partial charge on any atom is -0.383 e. The quantitative estimate of drug-likeness (QED) is 0.792. The van der Waals surface area contributed by atoms with E-state index in [0.29, 0.717) is 16.9 Å². The molecule has 0 aromatic carbocycles. The number of rotatable bonds is 8. The van der Waals surface area contributed by atoms with Crippen LogP contribution in [0.3, 0.4) is 0 Å². The summed E-state index contributed by atoms with van der Waals surface area (Å²) >= 11 is 1.28. The third kappa shape index (κ3) is 3.79. The van der Waals surface area contributed by atoms with E-state index in [0.717, 1.165) is 12.1 Å². The maximum atomic E-state index is 12.5. The van der Waals surface area contributed by atoms with E-state index >= 15 is 0 Å². The second-order valence-electron chi connectivity index (χ2n) is 5.25. The molecule has 1 aromatic rings. The van der Waals surface area contributed by atoms with Crippen molar-refractivity contribution in [2.75, 3.05) is 20.8 Å². The summed E-state index contributed by atoms with van der Waals surface area (Å²) < 4.78 is 31.7. The normalized spacial score (nSPS) is 17.6. The summed E-state index contributed by atoms with van der Waals surface area (Å²) in [5, 5.41) is 5.30. The average molecular weight is 318 g/mol. The van der Waals surface area contributed by atoms with Gasteiger partial charge in [-0.1, -0.05) is 0 Å². The Balaban J connectivity index is 2.04. The molecule has 0 radical (unpaired) electrons. The van der Waals surface area contributed by atoms with E-state index < -0.39 is 10.0 Å². The van der Waals surface area contributed by atoms with Crippen molar-refractivity contribution in [2.45, 2.75) is 42.6 Å². The number of ether oxygens (including phenoxy) is 1. The highest BCUT2D eigenvalue weighted by Crippen LogP contribution is 2.25. The van der Waals surface area contributed by atoms with Gasteiger partial charge >= 0.3 is 0 Å². The summed E-state index contributed by atoms with van der Waals surface area (Å²) in [6, 6.07) is 2.21. The van der Waals surface area contributed by atoms with E-state index in [2.05, 4.69) is 5.32 Å². The molecule has 1 N–H and O–H groups in total. The molecular weight excluding hydrogens is 296 g/mol. The van der Waals surface area contributed by atoms with Crippen LogP contribution in [0.4, 0.5) is 0 Å². The van der Waals surface area contributed by atoms with Crippen LogP contribution in [0.2, 0.25) is 0 Å². The van der Waals surface area contributed by atoms with Crippen molar-refractivity contribution in [2.24, 2.45) is 0 Å². The first-order valence-electron chi connectivity index (χ1n) is 6.73. The summed E-state index contributed by atoms with van der Waals surface area (Å²) in [5.41, 5.74) is 1.04. The highest BCUT2D eigenvalue weighted by Gasteiger charge is 2.27. The van der Waals surface area contributed by atoms with Crippen LogP contribution in [0.25, 0.3) is 0 Å². The molecule has 1 unspecified atom stereocenters. The fourth-order valence-electron chi connectivity index (χ4n) is 1.86. The van der Waals surface area contributed by atoms with Crippen molar-refractivity contribution < 1.29 is 13.2 Å². The molecule has 1 fully saturated rings. The molecule has 20 heavy (non-hydrogen) atoms. The van der Waals surface area contributed by atoms with Gasteiger partial charge in [0.15, 0.2) is 0 Å². The Kier molecular flexibility index (Phi) is 5.19. The highest BCUT2D eigenvalue weighted by molar-refractivity contribution is 7.91. The van der Waals surface area contributed by atoms with Gasteiger partial charge in [0, 0.05) is 32.8 Å². The molecule has 1 aliphatic carbocycles. The molecule has 1 saturated carbocycles. The lowest BCUT2D eigenvalue weighted by atomic mass is 10.3. The Morgan fingerprint density at radius 1 is 1.55 bits per heavy atom. The molecule has 7 heteroatoms. The molecule has 1 aromatic heterocycles. The van der Waals surface area contributed by atoms with Gasteiger partial charge in [-0.25, -0.2) is 8.42 Å². The summed E-state index contributed by atoms with van der Waals surface area (Å²) in [6.07, 6.45) is 2.46. The third-order valence-corrected chi connectivity index (χ3v) is 6.90. The first-order chi connectivity index (χ1) is 9.45. The number of sulfonamides is 1. The topological polar surface area (TPSA) is 58.6 Å². The number of likely N-dealkylation sites (N-methyl/N-ethyl adjacent to an activating group) is 1. The van der Waals surface area contributed by atoms with Gasteiger partial charge in [-0.15, -0.1) is 11.3 Å². The van der Waals surface area contributed by atoms with Crippen LogP contribution in [-0.2, 0) is 21.3 Å². The second kappa shape index (κ2) is 6.53. The second-order valence-corrected chi connectivity index (χ2v) is 8.39. The lowest BCUT2D eigenvalue weighted by Gasteiger charge is -2.22. The minimum atomic E-state index is -3.42. The van der Waals surface area contributed by atoms with E-state index in [4.69, 9.17) is 4.74 Å². The standard InChI is InChI=1S/C13H22N2O3S2/c1-10(8-18-3)15(2)20(16,17)13-6-11(9-19-13)7-14-12-4-5-12/h6,9-10,12,14H,4-5,7-8H2,1-3H3. The number of hydrogen-bond donors (Lipinski definition) is 1. The van der Waals surface area contributed by atoms with E-state index in [1.165, 1.54) is 28.5 Å². The Morgan fingerprint density at radius 3 is 2.85 bits per heavy atom. The van der Waals surface area contributed by atoms with Gasteiger partial charge in [-0.3, -0.25) is 0 Å². The number of nitrogens with one attached hydrogen (secondary N) is 1. The van der Waals surface area contributed by atoms with Crippen molar-refractivity contribution in [3.63, 3.8) is 0 Å². The highest BCUT2D eigenvalue weighted by atomic mass is 32.2. The van der Waals surface area contributed by atoms with Crippen LogP contribution < -0.4 is 5.32 Å². The van der Waals surface area contributed by atoms with Crippen molar-refractivity contribution >= 4 is 21.4 Å². The largest absolute Gasteiger partial charge is 0.383 e. The van der Waals surface area contributed by atoms with Gasteiger partial charge in [-0.05, 0) is 36.8 Å². The monoisotopic (exact) mass is 318 g/mol. The van der Waals surface area contributed by atoms with Gasteiger partial charge < -0.3 is 10.1 Å². The first-order valence-corrected chi connectivity index (χ1v) is 9.05. The fourth-order valence-corrected chi connectivity index (χ4v) is 4.60. The molecular formula is C13H22N2O3S2. The molecule has 2 rings (SSSR count). The zero-order valence-electron chi connectivity index (χ0n) is 12.1. The molecule has 0 amide bonds. The van der Waals surface area contributed by atoms with Gasteiger partial charge in [0.1, 0.15) is 4.21 Å². The molecule has 0 bridgehead atoms. The SMILES string of the molecule is COCC(C)N(C)S(=O)(=O)c1cc(CNC2CC2)cs1. The molecule has 114 valence electrons. The predicted octanol–water partition coefficient (Wildman–Crippen LogP) is 1.66. The predicted molar refractivity (Wildman–Crippen MR) is 80.5 cm³/mol. The summed E-state index contributed by atoms with van der Waals surface area (Å²) in [5.74, 6) is 0. The lowest BCUT2D eigenvalue weighted by molar-refractivity contribution is 0.149. The maximum absolute atomic E-state index is 12.5. The number of hydrogen-bond acceptors (Lipinski definition) is 5. The van der Waals surface area contributed by atoms with Gasteiger partial charge in [0.2, 0.25) is 0 Å². The molecule has 1 aliphatic rings. The Labute approximate surface area is 125 Å². The fraction of sp³-hybridized carbons (Fsp3) is 0.692. The Bertz CT molecular complexity index is 538.